The molecule has 3 unspecified atom stereocenters. The molecule has 6 nitrogen and oxygen atoms in total. The van der Waals surface area contributed by atoms with Crippen LogP contribution < -0.4 is 20.5 Å². The molecular formula is C21H31N3O3. The summed E-state index contributed by atoms with van der Waals surface area (Å²) in [6.45, 7) is 6.01. The summed E-state index contributed by atoms with van der Waals surface area (Å²) < 4.78 is 17.4. The molecule has 3 fully saturated rings. The molecule has 3 aliphatic rings. The zero-order chi connectivity index (χ0) is 18.9. The lowest BCUT2D eigenvalue weighted by Crippen LogP contribution is -2.61. The second-order valence-electron chi connectivity index (χ2n) is 7.79. The van der Waals surface area contributed by atoms with Gasteiger partial charge in [0.25, 0.3) is 0 Å². The fourth-order valence-electron chi connectivity index (χ4n) is 5.30. The van der Waals surface area contributed by atoms with Gasteiger partial charge in [-0.1, -0.05) is 12.8 Å². The largest absolute Gasteiger partial charge is 0.494 e. The van der Waals surface area contributed by atoms with Gasteiger partial charge in [0, 0.05) is 24.0 Å². The van der Waals surface area contributed by atoms with Gasteiger partial charge in [0.2, 0.25) is 0 Å². The molecule has 1 aliphatic heterocycles. The van der Waals surface area contributed by atoms with Gasteiger partial charge in [0.1, 0.15) is 11.5 Å². The number of nitrogens with one attached hydrogen (secondary N) is 1. The van der Waals surface area contributed by atoms with E-state index in [2.05, 4.69) is 5.32 Å². The Morgan fingerprint density at radius 3 is 2.78 bits per heavy atom. The summed E-state index contributed by atoms with van der Waals surface area (Å²) in [7, 11) is 0. The van der Waals surface area contributed by atoms with Gasteiger partial charge < -0.3 is 25.3 Å². The molecule has 1 aromatic carbocycles. The highest BCUT2D eigenvalue weighted by Gasteiger charge is 2.65. The monoisotopic (exact) mass is 373 g/mol. The van der Waals surface area contributed by atoms with Crippen molar-refractivity contribution in [3.8, 4) is 11.5 Å². The third kappa shape index (κ3) is 3.24. The summed E-state index contributed by atoms with van der Waals surface area (Å²) in [4.78, 5) is 4.94. The molecule has 0 amide bonds. The first-order valence-electron chi connectivity index (χ1n) is 10.3. The minimum Gasteiger partial charge on any atom is -0.494 e. The lowest BCUT2D eigenvalue weighted by Gasteiger charge is -2.54. The Hall–Kier alpha value is -1.95. The number of rotatable bonds is 6. The molecule has 3 atom stereocenters. The number of hydrogen-bond donors (Lipinski definition) is 2. The van der Waals surface area contributed by atoms with Crippen molar-refractivity contribution in [3.05, 3.63) is 18.2 Å². The van der Waals surface area contributed by atoms with Crippen molar-refractivity contribution >= 4 is 11.6 Å². The van der Waals surface area contributed by atoms with E-state index < -0.39 is 0 Å². The quantitative estimate of drug-likeness (QED) is 0.589. The molecule has 2 aliphatic carbocycles. The summed E-state index contributed by atoms with van der Waals surface area (Å²) in [6, 6.07) is 6.01. The molecule has 6 heteroatoms. The molecule has 148 valence electrons. The van der Waals surface area contributed by atoms with Crippen molar-refractivity contribution in [2.24, 2.45) is 22.1 Å². The molecule has 2 saturated carbocycles. The number of hydrogen-bond acceptors (Lipinski definition) is 4. The highest BCUT2D eigenvalue weighted by Crippen LogP contribution is 2.62. The van der Waals surface area contributed by atoms with Crippen LogP contribution in [-0.2, 0) is 4.74 Å². The summed E-state index contributed by atoms with van der Waals surface area (Å²) in [5.41, 5.74) is 7.35. The summed E-state index contributed by atoms with van der Waals surface area (Å²) in [5, 5.41) is 3.26. The minimum atomic E-state index is 0.212. The maximum Gasteiger partial charge on any atom is 0.193 e. The first kappa shape index (κ1) is 18.4. The molecule has 0 radical (unpaired) electrons. The highest BCUT2D eigenvalue weighted by atomic mass is 16.5. The van der Waals surface area contributed by atoms with E-state index in [0.29, 0.717) is 31.2 Å². The second-order valence-corrected chi connectivity index (χ2v) is 7.79. The van der Waals surface area contributed by atoms with Crippen LogP contribution in [0, 0.1) is 11.3 Å². The summed E-state index contributed by atoms with van der Waals surface area (Å²) in [6.07, 6.45) is 6.45. The van der Waals surface area contributed by atoms with Crippen LogP contribution in [0.25, 0.3) is 0 Å². The van der Waals surface area contributed by atoms with Crippen molar-refractivity contribution in [1.82, 2.24) is 0 Å². The predicted octanol–water partition coefficient (Wildman–Crippen LogP) is 3.56. The molecule has 1 saturated heterocycles. The van der Waals surface area contributed by atoms with Crippen LogP contribution in [0.15, 0.2) is 23.2 Å². The Morgan fingerprint density at radius 1 is 1.26 bits per heavy atom. The van der Waals surface area contributed by atoms with Crippen molar-refractivity contribution in [3.63, 3.8) is 0 Å². The lowest BCUT2D eigenvalue weighted by atomic mass is 9.54. The molecule has 1 heterocycles. The predicted molar refractivity (Wildman–Crippen MR) is 107 cm³/mol. The molecule has 0 aromatic heterocycles. The van der Waals surface area contributed by atoms with Crippen LogP contribution in [0.5, 0.6) is 11.5 Å². The van der Waals surface area contributed by atoms with Crippen LogP contribution in [0.1, 0.15) is 46.0 Å². The number of ether oxygens (including phenoxy) is 3. The topological polar surface area (TPSA) is 78.1 Å². The smallest absolute Gasteiger partial charge is 0.193 e. The van der Waals surface area contributed by atoms with E-state index >= 15 is 0 Å². The van der Waals surface area contributed by atoms with Gasteiger partial charge in [0.15, 0.2) is 5.96 Å². The number of guanidine groups is 1. The Bertz CT molecular complexity index is 700. The normalized spacial score (nSPS) is 28.7. The first-order chi connectivity index (χ1) is 13.2. The van der Waals surface area contributed by atoms with Gasteiger partial charge in [-0.15, -0.1) is 0 Å². The molecule has 4 rings (SSSR count). The zero-order valence-electron chi connectivity index (χ0n) is 16.4. The fraction of sp³-hybridized carbons (Fsp3) is 0.667. The van der Waals surface area contributed by atoms with E-state index in [9.17, 15) is 0 Å². The highest BCUT2D eigenvalue weighted by molar-refractivity contribution is 5.94. The number of nitrogens with two attached hydrogens (primary N) is 1. The minimum absolute atomic E-state index is 0.212. The molecule has 3 N–H and O–H groups in total. The van der Waals surface area contributed by atoms with Gasteiger partial charge in [-0.3, -0.25) is 0 Å². The first-order valence-corrected chi connectivity index (χ1v) is 10.3. The number of benzene rings is 1. The van der Waals surface area contributed by atoms with E-state index in [1.165, 1.54) is 25.7 Å². The van der Waals surface area contributed by atoms with Crippen LogP contribution in [0.3, 0.4) is 0 Å². The number of nitrogens with zero attached hydrogens (tertiary/aromatic N) is 1. The van der Waals surface area contributed by atoms with Gasteiger partial charge >= 0.3 is 0 Å². The molecule has 0 bridgehead atoms. The van der Waals surface area contributed by atoms with Crippen molar-refractivity contribution < 1.29 is 14.2 Å². The Kier molecular flexibility index (Phi) is 5.17. The number of fused-ring (bicyclic) bond motifs is 2. The Morgan fingerprint density at radius 2 is 2.04 bits per heavy atom. The van der Waals surface area contributed by atoms with Crippen molar-refractivity contribution in [1.29, 1.82) is 0 Å². The fourth-order valence-corrected chi connectivity index (χ4v) is 5.30. The summed E-state index contributed by atoms with van der Waals surface area (Å²) in [5.74, 6) is 2.51. The van der Waals surface area contributed by atoms with Gasteiger partial charge in [-0.25, -0.2) is 4.99 Å². The molecule has 27 heavy (non-hydrogen) atoms. The van der Waals surface area contributed by atoms with E-state index in [4.69, 9.17) is 24.9 Å². The third-order valence-electron chi connectivity index (χ3n) is 6.34. The van der Waals surface area contributed by atoms with Gasteiger partial charge in [-0.2, -0.15) is 0 Å². The maximum atomic E-state index is 6.34. The SMILES string of the molecule is CCOc1ccc(OCC)c(NC(N)=NC2C3CCOC3C23CCCC3)c1. The molecular weight excluding hydrogens is 342 g/mol. The van der Waals surface area contributed by atoms with E-state index in [1.54, 1.807) is 0 Å². The van der Waals surface area contributed by atoms with Crippen molar-refractivity contribution in [2.45, 2.75) is 58.1 Å². The number of anilines is 1. The summed E-state index contributed by atoms with van der Waals surface area (Å²) >= 11 is 0. The number of aliphatic imine (C=N–C) groups is 1. The molecule has 1 aromatic rings. The van der Waals surface area contributed by atoms with Crippen LogP contribution >= 0.6 is 0 Å². The van der Waals surface area contributed by atoms with E-state index in [1.807, 2.05) is 32.0 Å². The zero-order valence-corrected chi connectivity index (χ0v) is 16.4. The van der Waals surface area contributed by atoms with Crippen LogP contribution in [0.2, 0.25) is 0 Å². The average molecular weight is 373 g/mol. The second kappa shape index (κ2) is 7.58. The molecule has 1 spiro atoms. The van der Waals surface area contributed by atoms with Gasteiger partial charge in [0.05, 0.1) is 31.0 Å². The van der Waals surface area contributed by atoms with Gasteiger partial charge in [-0.05, 0) is 45.2 Å². The lowest BCUT2D eigenvalue weighted by molar-refractivity contribution is -0.117. The van der Waals surface area contributed by atoms with E-state index in [0.717, 1.165) is 30.2 Å². The van der Waals surface area contributed by atoms with Crippen LogP contribution in [-0.4, -0.2) is 37.9 Å². The van der Waals surface area contributed by atoms with Crippen LogP contribution in [0.4, 0.5) is 5.69 Å². The van der Waals surface area contributed by atoms with Crippen molar-refractivity contribution in [2.75, 3.05) is 25.1 Å². The maximum absolute atomic E-state index is 6.34. The average Bonchev–Trinajstić information content (AvgIpc) is 3.31. The Balaban J connectivity index is 1.54. The standard InChI is InChI=1S/C21H31N3O3/c1-3-25-14-7-8-17(26-4-2)16(13-14)23-20(22)24-18-15-9-12-27-19(15)21(18)10-5-6-11-21/h7-8,13,15,18-19H,3-6,9-12H2,1-2H3,(H3,22,23,24). The third-order valence-corrected chi connectivity index (χ3v) is 6.34. The van der Waals surface area contributed by atoms with E-state index in [-0.39, 0.29) is 11.5 Å². The Labute approximate surface area is 161 Å².